The SMILES string of the molecule is CCOC(=O)C1=C(c2ccccc2)N=c2s/c(=C\c3cc(I)c(O)c([N+](=O)[O-])c3)c(=O)n2[C@H]1c1ccccc1. The number of fused-ring (bicyclic) bond motifs is 1. The highest BCUT2D eigenvalue weighted by Crippen LogP contribution is 2.35. The Balaban J connectivity index is 1.82. The molecular weight excluding hydrogens is 633 g/mol. The Morgan fingerprint density at radius 2 is 1.85 bits per heavy atom. The number of esters is 1. The maximum atomic E-state index is 13.9. The Morgan fingerprint density at radius 1 is 1.18 bits per heavy atom. The molecule has 5 rings (SSSR count). The number of rotatable bonds is 6. The van der Waals surface area contributed by atoms with Gasteiger partial charge in [-0.2, -0.15) is 0 Å². The molecule has 1 aliphatic heterocycles. The van der Waals surface area contributed by atoms with Crippen LogP contribution < -0.4 is 14.9 Å². The summed E-state index contributed by atoms with van der Waals surface area (Å²) in [7, 11) is 0. The van der Waals surface area contributed by atoms with Crippen LogP contribution in [0.5, 0.6) is 5.75 Å². The maximum absolute atomic E-state index is 13.9. The van der Waals surface area contributed by atoms with E-state index in [4.69, 9.17) is 9.73 Å². The number of halogens is 1. The minimum absolute atomic E-state index is 0.147. The standard InChI is InChI=1S/C28H20IN3O6S/c1-2-38-27(35)22-23(17-9-5-3-6-10-17)30-28-31(24(22)18-11-7-4-8-12-18)26(34)21(39-28)15-16-13-19(29)25(33)20(14-16)32(36)37/h3-15,24,33H,2H2,1H3/b21-15-/t24-/m0/s1. The van der Waals surface area contributed by atoms with Gasteiger partial charge in [0.2, 0.25) is 5.75 Å². The summed E-state index contributed by atoms with van der Waals surface area (Å²) in [6, 6.07) is 20.3. The van der Waals surface area contributed by atoms with Crippen molar-refractivity contribution < 1.29 is 19.6 Å². The van der Waals surface area contributed by atoms with E-state index >= 15 is 0 Å². The highest BCUT2D eigenvalue weighted by Gasteiger charge is 2.35. The molecule has 2 heterocycles. The van der Waals surface area contributed by atoms with Gasteiger partial charge < -0.3 is 9.84 Å². The predicted molar refractivity (Wildman–Crippen MR) is 155 cm³/mol. The first kappa shape index (κ1) is 26.5. The van der Waals surface area contributed by atoms with Crippen molar-refractivity contribution in [1.29, 1.82) is 0 Å². The number of phenols is 1. The van der Waals surface area contributed by atoms with Crippen LogP contribution in [0, 0.1) is 13.7 Å². The van der Waals surface area contributed by atoms with Crippen LogP contribution in [0.4, 0.5) is 5.69 Å². The summed E-state index contributed by atoms with van der Waals surface area (Å²) >= 11 is 2.92. The fraction of sp³-hybridized carbons (Fsp3) is 0.107. The second-order valence-electron chi connectivity index (χ2n) is 8.47. The zero-order valence-electron chi connectivity index (χ0n) is 20.4. The van der Waals surface area contributed by atoms with Gasteiger partial charge in [0.25, 0.3) is 5.56 Å². The number of carbonyl (C=O) groups excluding carboxylic acids is 1. The molecule has 0 saturated heterocycles. The van der Waals surface area contributed by atoms with Crippen LogP contribution >= 0.6 is 33.9 Å². The largest absolute Gasteiger partial charge is 0.501 e. The van der Waals surface area contributed by atoms with Crippen LogP contribution in [-0.4, -0.2) is 27.2 Å². The third kappa shape index (κ3) is 5.02. The molecule has 1 aromatic heterocycles. The summed E-state index contributed by atoms with van der Waals surface area (Å²) < 4.78 is 7.44. The molecule has 0 spiro atoms. The normalized spacial score (nSPS) is 15.0. The van der Waals surface area contributed by atoms with Crippen LogP contribution in [0.1, 0.15) is 29.7 Å². The number of thiazole rings is 1. The number of nitro groups is 1. The maximum Gasteiger partial charge on any atom is 0.338 e. The summed E-state index contributed by atoms with van der Waals surface area (Å²) in [4.78, 5) is 43.2. The van der Waals surface area contributed by atoms with Gasteiger partial charge in [-0.1, -0.05) is 72.0 Å². The van der Waals surface area contributed by atoms with E-state index in [-0.39, 0.29) is 20.3 Å². The number of hydrogen-bond acceptors (Lipinski definition) is 8. The van der Waals surface area contributed by atoms with Crippen LogP contribution in [0.3, 0.4) is 0 Å². The molecule has 0 amide bonds. The highest BCUT2D eigenvalue weighted by atomic mass is 127. The Morgan fingerprint density at radius 3 is 2.49 bits per heavy atom. The number of benzene rings is 3. The molecule has 196 valence electrons. The lowest BCUT2D eigenvalue weighted by molar-refractivity contribution is -0.386. The molecule has 3 aromatic carbocycles. The third-order valence-corrected chi connectivity index (χ3v) is 7.85. The van der Waals surface area contributed by atoms with Gasteiger partial charge >= 0.3 is 11.7 Å². The minimum Gasteiger partial charge on any atom is -0.501 e. The summed E-state index contributed by atoms with van der Waals surface area (Å²) in [5.41, 5.74) is 1.55. The second-order valence-corrected chi connectivity index (χ2v) is 10.6. The molecule has 0 saturated carbocycles. The zero-order valence-corrected chi connectivity index (χ0v) is 23.4. The van der Waals surface area contributed by atoms with Crippen molar-refractivity contribution in [2.45, 2.75) is 13.0 Å². The fourth-order valence-electron chi connectivity index (χ4n) is 4.37. The van der Waals surface area contributed by atoms with Crippen LogP contribution in [0.15, 0.2) is 88.2 Å². The van der Waals surface area contributed by atoms with Gasteiger partial charge in [0.15, 0.2) is 4.80 Å². The number of aromatic hydroxyl groups is 1. The van der Waals surface area contributed by atoms with E-state index in [0.717, 1.165) is 11.3 Å². The smallest absolute Gasteiger partial charge is 0.338 e. The number of nitrogens with zero attached hydrogens (tertiary/aromatic N) is 3. The second kappa shape index (κ2) is 10.9. The Labute approximate surface area is 239 Å². The molecule has 11 heteroatoms. The molecule has 1 atom stereocenters. The summed E-state index contributed by atoms with van der Waals surface area (Å²) in [5.74, 6) is -1.01. The summed E-state index contributed by atoms with van der Waals surface area (Å²) in [6.07, 6.45) is 1.52. The number of carbonyl (C=O) groups is 1. The van der Waals surface area contributed by atoms with Crippen molar-refractivity contribution in [3.05, 3.63) is 128 Å². The molecule has 39 heavy (non-hydrogen) atoms. The van der Waals surface area contributed by atoms with E-state index in [9.17, 15) is 24.8 Å². The molecule has 0 fully saturated rings. The van der Waals surface area contributed by atoms with Crippen LogP contribution in [-0.2, 0) is 9.53 Å². The lowest BCUT2D eigenvalue weighted by Crippen LogP contribution is -2.40. The average molecular weight is 653 g/mol. The van der Waals surface area contributed by atoms with Crippen LogP contribution in [0.2, 0.25) is 0 Å². The molecule has 0 unspecified atom stereocenters. The average Bonchev–Trinajstić information content (AvgIpc) is 3.24. The molecular formula is C28H20IN3O6S. The van der Waals surface area contributed by atoms with E-state index in [1.54, 1.807) is 35.6 Å². The molecule has 1 aliphatic rings. The zero-order chi connectivity index (χ0) is 27.7. The quantitative estimate of drug-likeness (QED) is 0.144. The number of phenolic OH excluding ortho intramolecular Hbond substituents is 1. The van der Waals surface area contributed by atoms with Gasteiger partial charge in [-0.25, -0.2) is 9.79 Å². The lowest BCUT2D eigenvalue weighted by Gasteiger charge is -2.25. The van der Waals surface area contributed by atoms with E-state index in [1.807, 2.05) is 60.7 Å². The first-order valence-corrected chi connectivity index (χ1v) is 13.7. The molecule has 4 aromatic rings. The van der Waals surface area contributed by atoms with Crippen molar-refractivity contribution in [3.8, 4) is 5.75 Å². The topological polar surface area (TPSA) is 124 Å². The number of aromatic nitrogens is 1. The molecule has 0 bridgehead atoms. The number of hydrogen-bond donors (Lipinski definition) is 1. The Hall–Kier alpha value is -4.10. The fourth-order valence-corrected chi connectivity index (χ4v) is 6.01. The minimum atomic E-state index is -0.812. The van der Waals surface area contributed by atoms with E-state index < -0.39 is 33.9 Å². The Kier molecular flexibility index (Phi) is 7.44. The van der Waals surface area contributed by atoms with Crippen molar-refractivity contribution in [2.75, 3.05) is 6.61 Å². The van der Waals surface area contributed by atoms with E-state index in [1.165, 1.54) is 16.7 Å². The van der Waals surface area contributed by atoms with Gasteiger partial charge in [-0.3, -0.25) is 19.5 Å². The van der Waals surface area contributed by atoms with Gasteiger partial charge in [-0.05, 0) is 52.8 Å². The molecule has 1 N–H and O–H groups in total. The molecule has 0 aliphatic carbocycles. The predicted octanol–water partition coefficient (Wildman–Crippen LogP) is 4.15. The summed E-state index contributed by atoms with van der Waals surface area (Å²) in [5, 5.41) is 21.5. The van der Waals surface area contributed by atoms with Crippen molar-refractivity contribution in [3.63, 3.8) is 0 Å². The Bertz CT molecular complexity index is 1810. The van der Waals surface area contributed by atoms with E-state index in [2.05, 4.69) is 0 Å². The third-order valence-electron chi connectivity index (χ3n) is 6.05. The van der Waals surface area contributed by atoms with Crippen molar-refractivity contribution >= 4 is 57.4 Å². The first-order valence-electron chi connectivity index (χ1n) is 11.8. The van der Waals surface area contributed by atoms with Crippen molar-refractivity contribution in [2.24, 2.45) is 4.99 Å². The van der Waals surface area contributed by atoms with Crippen molar-refractivity contribution in [1.82, 2.24) is 4.57 Å². The van der Waals surface area contributed by atoms with Gasteiger partial charge in [0.05, 0.1) is 36.9 Å². The van der Waals surface area contributed by atoms with E-state index in [0.29, 0.717) is 27.2 Å². The highest BCUT2D eigenvalue weighted by molar-refractivity contribution is 14.1. The number of ether oxygens (including phenoxy) is 1. The summed E-state index contributed by atoms with van der Waals surface area (Å²) in [6.45, 7) is 1.86. The van der Waals surface area contributed by atoms with Crippen LogP contribution in [0.25, 0.3) is 11.8 Å². The van der Waals surface area contributed by atoms with Gasteiger partial charge in [0, 0.05) is 11.6 Å². The van der Waals surface area contributed by atoms with Gasteiger partial charge in [-0.15, -0.1) is 0 Å². The first-order chi connectivity index (χ1) is 18.8. The monoisotopic (exact) mass is 653 g/mol. The molecule has 9 nitrogen and oxygen atoms in total. The number of nitro benzene ring substituents is 1. The lowest BCUT2D eigenvalue weighted by atomic mass is 9.93. The van der Waals surface area contributed by atoms with Gasteiger partial charge in [0.1, 0.15) is 0 Å². The molecule has 0 radical (unpaired) electrons.